The third-order valence-corrected chi connectivity index (χ3v) is 3.55. The molecule has 1 aromatic carbocycles. The first-order valence-corrected chi connectivity index (χ1v) is 7.28. The van der Waals surface area contributed by atoms with E-state index in [2.05, 4.69) is 18.5 Å². The summed E-state index contributed by atoms with van der Waals surface area (Å²) in [6, 6.07) is 7.07. The van der Waals surface area contributed by atoms with Crippen molar-refractivity contribution in [3.05, 3.63) is 65.6 Å². The number of hydrogen-bond donors (Lipinski definition) is 1. The molecule has 0 spiro atoms. The van der Waals surface area contributed by atoms with Crippen LogP contribution in [-0.2, 0) is 0 Å². The van der Waals surface area contributed by atoms with Crippen LogP contribution >= 0.6 is 12.2 Å². The SMILES string of the molecule is C=CCN(CC=C)C(=S)Nc1ccc2c(C)cc(=O)oc2c1. The molecule has 0 bridgehead atoms. The molecule has 0 atom stereocenters. The van der Waals surface area contributed by atoms with E-state index in [1.807, 2.05) is 24.0 Å². The lowest BCUT2D eigenvalue weighted by molar-refractivity contribution is 0.522. The minimum Gasteiger partial charge on any atom is -0.423 e. The minimum atomic E-state index is -0.357. The number of aryl methyl sites for hydroxylation is 1. The molecule has 4 nitrogen and oxygen atoms in total. The Balaban J connectivity index is 2.27. The standard InChI is InChI=1S/C17H18N2O2S/c1-4-8-19(9-5-2)17(22)18-13-6-7-14-12(3)10-16(20)21-15(14)11-13/h4-7,10-11H,1-2,8-9H2,3H3,(H,18,22). The molecule has 0 aliphatic rings. The Bertz CT molecular complexity index is 770. The first-order valence-electron chi connectivity index (χ1n) is 6.87. The van der Waals surface area contributed by atoms with Crippen LogP contribution in [0.15, 0.2) is 58.8 Å². The summed E-state index contributed by atoms with van der Waals surface area (Å²) in [5.74, 6) is 0. The highest BCUT2D eigenvalue weighted by molar-refractivity contribution is 7.80. The van der Waals surface area contributed by atoms with Gasteiger partial charge in [-0.05, 0) is 36.8 Å². The second-order valence-electron chi connectivity index (χ2n) is 4.87. The molecular weight excluding hydrogens is 296 g/mol. The largest absolute Gasteiger partial charge is 0.423 e. The van der Waals surface area contributed by atoms with Gasteiger partial charge in [0.05, 0.1) is 0 Å². The lowest BCUT2D eigenvalue weighted by Crippen LogP contribution is -2.34. The molecule has 0 radical (unpaired) electrons. The van der Waals surface area contributed by atoms with E-state index in [-0.39, 0.29) is 5.63 Å². The van der Waals surface area contributed by atoms with E-state index in [4.69, 9.17) is 16.6 Å². The van der Waals surface area contributed by atoms with Gasteiger partial charge < -0.3 is 14.6 Å². The summed E-state index contributed by atoms with van der Waals surface area (Å²) >= 11 is 5.39. The van der Waals surface area contributed by atoms with Crippen molar-refractivity contribution in [3.8, 4) is 0 Å². The topological polar surface area (TPSA) is 45.5 Å². The van der Waals surface area contributed by atoms with Gasteiger partial charge in [-0.1, -0.05) is 12.2 Å². The van der Waals surface area contributed by atoms with E-state index in [1.54, 1.807) is 18.2 Å². The van der Waals surface area contributed by atoms with Crippen molar-refractivity contribution >= 4 is 34.0 Å². The van der Waals surface area contributed by atoms with Gasteiger partial charge in [0.1, 0.15) is 5.58 Å². The van der Waals surface area contributed by atoms with Crippen molar-refractivity contribution in [2.24, 2.45) is 0 Å². The zero-order valence-electron chi connectivity index (χ0n) is 12.5. The van der Waals surface area contributed by atoms with Crippen molar-refractivity contribution in [3.63, 3.8) is 0 Å². The Kier molecular flexibility index (Phi) is 5.12. The van der Waals surface area contributed by atoms with E-state index in [0.717, 1.165) is 16.6 Å². The fourth-order valence-corrected chi connectivity index (χ4v) is 2.42. The highest BCUT2D eigenvalue weighted by Gasteiger charge is 2.08. The Morgan fingerprint density at radius 3 is 2.64 bits per heavy atom. The Morgan fingerprint density at radius 2 is 2.00 bits per heavy atom. The lowest BCUT2D eigenvalue weighted by atomic mass is 10.1. The first-order chi connectivity index (χ1) is 10.5. The molecule has 0 aliphatic carbocycles. The van der Waals surface area contributed by atoms with Crippen LogP contribution in [0.4, 0.5) is 5.69 Å². The van der Waals surface area contributed by atoms with E-state index < -0.39 is 0 Å². The number of nitrogens with one attached hydrogen (secondary N) is 1. The summed E-state index contributed by atoms with van der Waals surface area (Å²) in [4.78, 5) is 13.4. The molecule has 0 amide bonds. The zero-order chi connectivity index (χ0) is 16.1. The Morgan fingerprint density at radius 1 is 1.32 bits per heavy atom. The minimum absolute atomic E-state index is 0.357. The lowest BCUT2D eigenvalue weighted by Gasteiger charge is -2.23. The monoisotopic (exact) mass is 314 g/mol. The van der Waals surface area contributed by atoms with Crippen LogP contribution in [0.2, 0.25) is 0 Å². The van der Waals surface area contributed by atoms with Gasteiger partial charge in [0.25, 0.3) is 0 Å². The summed E-state index contributed by atoms with van der Waals surface area (Å²) < 4.78 is 5.24. The molecule has 0 unspecified atom stereocenters. The van der Waals surface area contributed by atoms with Crippen LogP contribution in [0.3, 0.4) is 0 Å². The zero-order valence-corrected chi connectivity index (χ0v) is 13.3. The predicted octanol–water partition coefficient (Wildman–Crippen LogP) is 3.47. The third kappa shape index (κ3) is 3.62. The molecule has 1 aromatic heterocycles. The van der Waals surface area contributed by atoms with Crippen LogP contribution < -0.4 is 10.9 Å². The highest BCUT2D eigenvalue weighted by atomic mass is 32.1. The molecule has 0 saturated carbocycles. The molecule has 5 heteroatoms. The van der Waals surface area contributed by atoms with Gasteiger partial charge in [0.2, 0.25) is 0 Å². The second kappa shape index (κ2) is 7.04. The quantitative estimate of drug-likeness (QED) is 0.520. The van der Waals surface area contributed by atoms with Gasteiger partial charge in [0.15, 0.2) is 5.11 Å². The fourth-order valence-electron chi connectivity index (χ4n) is 2.16. The average molecular weight is 314 g/mol. The van der Waals surface area contributed by atoms with Gasteiger partial charge >= 0.3 is 5.63 Å². The van der Waals surface area contributed by atoms with Crippen LogP contribution in [0.1, 0.15) is 5.56 Å². The average Bonchev–Trinajstić information content (AvgIpc) is 2.46. The molecule has 1 N–H and O–H groups in total. The molecule has 2 aromatic rings. The molecule has 1 heterocycles. The smallest absolute Gasteiger partial charge is 0.336 e. The number of hydrogen-bond acceptors (Lipinski definition) is 3. The van der Waals surface area contributed by atoms with Crippen molar-refractivity contribution in [2.45, 2.75) is 6.92 Å². The summed E-state index contributed by atoms with van der Waals surface area (Å²) in [6.07, 6.45) is 3.56. The third-order valence-electron chi connectivity index (χ3n) is 3.19. The predicted molar refractivity (Wildman–Crippen MR) is 95.4 cm³/mol. The Hall–Kier alpha value is -2.40. The first kappa shape index (κ1) is 16.0. The van der Waals surface area contributed by atoms with Crippen molar-refractivity contribution in [1.29, 1.82) is 0 Å². The molecule has 0 aliphatic heterocycles. The molecule has 0 saturated heterocycles. The number of nitrogens with zero attached hydrogens (tertiary/aromatic N) is 1. The number of rotatable bonds is 5. The van der Waals surface area contributed by atoms with Gasteiger partial charge in [-0.15, -0.1) is 13.2 Å². The number of fused-ring (bicyclic) bond motifs is 1. The van der Waals surface area contributed by atoms with Crippen LogP contribution in [0.5, 0.6) is 0 Å². The summed E-state index contributed by atoms with van der Waals surface area (Å²) in [5, 5.41) is 4.61. The van der Waals surface area contributed by atoms with Crippen LogP contribution in [0, 0.1) is 6.92 Å². The van der Waals surface area contributed by atoms with Crippen molar-refractivity contribution in [1.82, 2.24) is 4.90 Å². The van der Waals surface area contributed by atoms with Crippen LogP contribution in [-0.4, -0.2) is 23.1 Å². The number of thiocarbonyl (C=S) groups is 1. The molecule has 2 rings (SSSR count). The maximum atomic E-state index is 11.5. The van der Waals surface area contributed by atoms with E-state index in [1.165, 1.54) is 6.07 Å². The van der Waals surface area contributed by atoms with Crippen molar-refractivity contribution < 1.29 is 4.42 Å². The van der Waals surface area contributed by atoms with Crippen LogP contribution in [0.25, 0.3) is 11.0 Å². The fraction of sp³-hybridized carbons (Fsp3) is 0.176. The van der Waals surface area contributed by atoms with Gasteiger partial charge in [-0.3, -0.25) is 0 Å². The summed E-state index contributed by atoms with van der Waals surface area (Å²) in [7, 11) is 0. The maximum absolute atomic E-state index is 11.5. The molecule has 114 valence electrons. The van der Waals surface area contributed by atoms with Gasteiger partial charge in [-0.2, -0.15) is 0 Å². The highest BCUT2D eigenvalue weighted by Crippen LogP contribution is 2.21. The van der Waals surface area contributed by atoms with Gasteiger partial charge in [-0.25, -0.2) is 4.79 Å². The Labute approximate surface area is 134 Å². The number of benzene rings is 1. The normalized spacial score (nSPS) is 10.2. The van der Waals surface area contributed by atoms with Crippen molar-refractivity contribution in [2.75, 3.05) is 18.4 Å². The number of anilines is 1. The van der Waals surface area contributed by atoms with Gasteiger partial charge in [0, 0.05) is 36.3 Å². The van der Waals surface area contributed by atoms with E-state index >= 15 is 0 Å². The second-order valence-corrected chi connectivity index (χ2v) is 5.26. The molecular formula is C17H18N2O2S. The maximum Gasteiger partial charge on any atom is 0.336 e. The molecule has 22 heavy (non-hydrogen) atoms. The van der Waals surface area contributed by atoms with E-state index in [0.29, 0.717) is 23.8 Å². The summed E-state index contributed by atoms with van der Waals surface area (Å²) in [6.45, 7) is 10.6. The van der Waals surface area contributed by atoms with E-state index in [9.17, 15) is 4.79 Å². The molecule has 0 fully saturated rings. The summed E-state index contributed by atoms with van der Waals surface area (Å²) in [5.41, 5.74) is 1.84.